The zero-order valence-corrected chi connectivity index (χ0v) is 15.0. The molecule has 1 aromatic carbocycles. The van der Waals surface area contributed by atoms with Crippen molar-refractivity contribution in [2.45, 2.75) is 49.2 Å². The fourth-order valence-corrected chi connectivity index (χ4v) is 5.01. The van der Waals surface area contributed by atoms with Gasteiger partial charge in [0.1, 0.15) is 11.5 Å². The molecule has 1 aliphatic heterocycles. The van der Waals surface area contributed by atoms with Crippen LogP contribution in [0.5, 0.6) is 5.75 Å². The third-order valence-electron chi connectivity index (χ3n) is 6.11. The van der Waals surface area contributed by atoms with E-state index in [4.69, 9.17) is 0 Å². The second-order valence-electron chi connectivity index (χ2n) is 7.01. The normalized spacial score (nSPS) is 37.0. The van der Waals surface area contributed by atoms with Crippen molar-refractivity contribution in [1.82, 2.24) is 4.90 Å². The number of aliphatic hydroxyl groups is 1. The number of hydrogen-bond donors (Lipinski definition) is 2. The van der Waals surface area contributed by atoms with Crippen LogP contribution < -0.4 is 0 Å². The summed E-state index contributed by atoms with van der Waals surface area (Å²) in [7, 11) is 2.06. The molecule has 3 atom stereocenters. The van der Waals surface area contributed by atoms with Crippen molar-refractivity contribution in [2.75, 3.05) is 13.6 Å². The number of carbonyl (C=O) groups is 1. The molecule has 4 rings (SSSR count). The number of nitrogens with zero attached hydrogens (tertiary/aromatic N) is 1. The lowest BCUT2D eigenvalue weighted by molar-refractivity contribution is -0.168. The number of piperidine rings is 1. The lowest BCUT2D eigenvalue weighted by Gasteiger charge is -2.62. The summed E-state index contributed by atoms with van der Waals surface area (Å²) in [5.74, 6) is 0.458. The maximum Gasteiger partial charge on any atom is 0.134 e. The number of benzene rings is 1. The van der Waals surface area contributed by atoms with Gasteiger partial charge < -0.3 is 15.1 Å². The molecule has 4 nitrogen and oxygen atoms in total. The summed E-state index contributed by atoms with van der Waals surface area (Å²) in [6.07, 6.45) is 2.98. The maximum absolute atomic E-state index is 12.1. The van der Waals surface area contributed by atoms with E-state index in [-0.39, 0.29) is 41.6 Å². The molecule has 2 bridgehead atoms. The minimum absolute atomic E-state index is 0. The highest BCUT2D eigenvalue weighted by Gasteiger charge is 2.64. The van der Waals surface area contributed by atoms with Crippen LogP contribution in [0.4, 0.5) is 0 Å². The molecule has 1 heterocycles. The first-order valence-corrected chi connectivity index (χ1v) is 7.73. The second kappa shape index (κ2) is 5.18. The third-order valence-corrected chi connectivity index (χ3v) is 6.11. The van der Waals surface area contributed by atoms with Gasteiger partial charge in [0.15, 0.2) is 0 Å². The van der Waals surface area contributed by atoms with E-state index in [1.165, 1.54) is 5.56 Å². The fourth-order valence-electron chi connectivity index (χ4n) is 5.01. The number of aromatic hydroxyl groups is 1. The Bertz CT molecular complexity index is 634. The molecule has 2 N–H and O–H groups in total. The Labute approximate surface area is 147 Å². The molecule has 5 heteroatoms. The minimum Gasteiger partial charge on any atom is -0.508 e. The van der Waals surface area contributed by atoms with Gasteiger partial charge in [0.25, 0.3) is 0 Å². The highest BCUT2D eigenvalue weighted by Crippen LogP contribution is 2.57. The van der Waals surface area contributed by atoms with Crippen LogP contribution in [0.3, 0.4) is 0 Å². The number of hydrogen-bond acceptors (Lipinski definition) is 4. The van der Waals surface area contributed by atoms with Crippen molar-refractivity contribution in [1.29, 1.82) is 0 Å². The monoisotopic (exact) mass is 415 g/mol. The van der Waals surface area contributed by atoms with E-state index >= 15 is 0 Å². The van der Waals surface area contributed by atoms with E-state index in [9.17, 15) is 15.0 Å². The Morgan fingerprint density at radius 3 is 2.86 bits per heavy atom. The summed E-state index contributed by atoms with van der Waals surface area (Å²) < 4.78 is 0. The molecule has 0 spiro atoms. The van der Waals surface area contributed by atoms with Crippen LogP contribution in [-0.4, -0.2) is 46.1 Å². The largest absolute Gasteiger partial charge is 0.508 e. The average molecular weight is 415 g/mol. The van der Waals surface area contributed by atoms with Crippen molar-refractivity contribution in [3.05, 3.63) is 29.3 Å². The average Bonchev–Trinajstić information content (AvgIpc) is 2.45. The van der Waals surface area contributed by atoms with Gasteiger partial charge in [-0.2, -0.15) is 0 Å². The zero-order valence-electron chi connectivity index (χ0n) is 12.7. The van der Waals surface area contributed by atoms with Crippen LogP contribution in [0.25, 0.3) is 0 Å². The van der Waals surface area contributed by atoms with Crippen molar-refractivity contribution in [2.24, 2.45) is 0 Å². The predicted molar refractivity (Wildman–Crippen MR) is 93.7 cm³/mol. The van der Waals surface area contributed by atoms with E-state index < -0.39 is 11.0 Å². The second-order valence-corrected chi connectivity index (χ2v) is 7.01. The molecule has 120 valence electrons. The first kappa shape index (κ1) is 16.2. The van der Waals surface area contributed by atoms with E-state index in [2.05, 4.69) is 11.9 Å². The summed E-state index contributed by atoms with van der Waals surface area (Å²) in [5.41, 5.74) is 0.812. The number of carbonyl (C=O) groups excluding carboxylic acids is 1. The molecule has 22 heavy (non-hydrogen) atoms. The molecule has 2 aliphatic carbocycles. The number of halogens is 1. The minimum atomic E-state index is -0.852. The first-order valence-electron chi connectivity index (χ1n) is 7.73. The number of phenols is 1. The fraction of sp³-hybridized carbons (Fsp3) is 0.588. The summed E-state index contributed by atoms with van der Waals surface area (Å²) >= 11 is 0. The van der Waals surface area contributed by atoms with E-state index in [1.54, 1.807) is 12.1 Å². The quantitative estimate of drug-likeness (QED) is 0.637. The molecular weight excluding hydrogens is 393 g/mol. The molecule has 3 aliphatic rings. The Hall–Kier alpha value is -0.660. The van der Waals surface area contributed by atoms with Crippen LogP contribution in [0.2, 0.25) is 0 Å². The van der Waals surface area contributed by atoms with Crippen LogP contribution in [0.1, 0.15) is 36.8 Å². The van der Waals surface area contributed by atoms with Gasteiger partial charge in [-0.1, -0.05) is 6.07 Å². The Morgan fingerprint density at radius 2 is 2.09 bits per heavy atom. The number of likely N-dealkylation sites (N-methyl/N-ethyl adjacent to an activating group) is 1. The molecule has 1 saturated heterocycles. The Morgan fingerprint density at radius 1 is 1.32 bits per heavy atom. The SMILES string of the molecule is CN1CC[C@]23CC(=O)CC[C@@]2(O)[C@H]1Cc1ccc(O)cc13.I. The third kappa shape index (κ3) is 1.91. The summed E-state index contributed by atoms with van der Waals surface area (Å²) in [4.78, 5) is 14.4. The zero-order chi connectivity index (χ0) is 14.8. The van der Waals surface area contributed by atoms with Gasteiger partial charge in [-0.3, -0.25) is 4.79 Å². The van der Waals surface area contributed by atoms with Crippen LogP contribution in [0, 0.1) is 0 Å². The highest BCUT2D eigenvalue weighted by atomic mass is 127. The number of rotatable bonds is 0. The van der Waals surface area contributed by atoms with Gasteiger partial charge in [-0.25, -0.2) is 0 Å². The Balaban J connectivity index is 0.00000144. The number of likely N-dealkylation sites (tertiary alicyclic amines) is 1. The summed E-state index contributed by atoms with van der Waals surface area (Å²) in [6, 6.07) is 5.51. The summed E-state index contributed by atoms with van der Waals surface area (Å²) in [6.45, 7) is 0.884. The van der Waals surface area contributed by atoms with Gasteiger partial charge >= 0.3 is 0 Å². The maximum atomic E-state index is 12.1. The predicted octanol–water partition coefficient (Wildman–Crippen LogP) is 1.99. The van der Waals surface area contributed by atoms with Crippen molar-refractivity contribution < 1.29 is 15.0 Å². The van der Waals surface area contributed by atoms with Crippen molar-refractivity contribution >= 4 is 29.8 Å². The molecule has 2 fully saturated rings. The highest BCUT2D eigenvalue weighted by molar-refractivity contribution is 14.0. The lowest BCUT2D eigenvalue weighted by Crippen LogP contribution is -2.72. The number of fused-ring (bicyclic) bond motifs is 1. The van der Waals surface area contributed by atoms with Crippen molar-refractivity contribution in [3.8, 4) is 5.75 Å². The molecule has 0 unspecified atom stereocenters. The molecule has 1 saturated carbocycles. The first-order chi connectivity index (χ1) is 9.96. The molecule has 0 aromatic heterocycles. The number of Topliss-reactive ketones (excluding diaryl/α,β-unsaturated/α-hetero) is 1. The van der Waals surface area contributed by atoms with Gasteiger partial charge in [0.05, 0.1) is 5.60 Å². The topological polar surface area (TPSA) is 60.8 Å². The van der Waals surface area contributed by atoms with Gasteiger partial charge in [-0.15, -0.1) is 24.0 Å². The molecule has 0 amide bonds. The van der Waals surface area contributed by atoms with E-state index in [0.717, 1.165) is 24.9 Å². The van der Waals surface area contributed by atoms with Gasteiger partial charge in [-0.05, 0) is 56.1 Å². The van der Waals surface area contributed by atoms with Crippen LogP contribution in [0.15, 0.2) is 18.2 Å². The molecular formula is C17H22INO3. The van der Waals surface area contributed by atoms with Crippen LogP contribution >= 0.6 is 24.0 Å². The molecule has 1 aromatic rings. The van der Waals surface area contributed by atoms with Crippen molar-refractivity contribution in [3.63, 3.8) is 0 Å². The lowest BCUT2D eigenvalue weighted by atomic mass is 9.49. The smallest absolute Gasteiger partial charge is 0.134 e. The standard InChI is InChI=1S/C17H21NO3.HI/c1-18-7-6-16-10-13(20)4-5-17(16,21)15(18)8-11-2-3-12(19)9-14(11)16;/h2-3,9,15,19,21H,4-8,10H2,1H3;1H/t15-,16-,17-;/m1./s1. The molecule has 0 radical (unpaired) electrons. The van der Waals surface area contributed by atoms with E-state index in [1.807, 2.05) is 6.07 Å². The summed E-state index contributed by atoms with van der Waals surface area (Å²) in [5, 5.41) is 21.4. The number of phenolic OH excluding ortho intramolecular Hbond substituents is 1. The van der Waals surface area contributed by atoms with Crippen LogP contribution in [-0.2, 0) is 16.6 Å². The van der Waals surface area contributed by atoms with E-state index in [0.29, 0.717) is 19.3 Å². The Kier molecular flexibility index (Phi) is 3.81. The van der Waals surface area contributed by atoms with Gasteiger partial charge in [0, 0.05) is 24.3 Å². The number of ketones is 1. The van der Waals surface area contributed by atoms with Gasteiger partial charge in [0.2, 0.25) is 0 Å².